The van der Waals surface area contributed by atoms with Crippen LogP contribution in [0.5, 0.6) is 5.75 Å². The van der Waals surface area contributed by atoms with Crippen molar-refractivity contribution in [3.63, 3.8) is 0 Å². The molecule has 94 valence electrons. The van der Waals surface area contributed by atoms with Crippen LogP contribution in [0.15, 0.2) is 53.2 Å². The number of pyridine rings is 1. The van der Waals surface area contributed by atoms with Crippen LogP contribution in [0.2, 0.25) is 0 Å². The number of rotatable bonds is 3. The molecule has 3 aromatic rings. The van der Waals surface area contributed by atoms with Crippen molar-refractivity contribution < 1.29 is 9.15 Å². The molecule has 0 saturated carbocycles. The van der Waals surface area contributed by atoms with Gasteiger partial charge in [0.15, 0.2) is 0 Å². The summed E-state index contributed by atoms with van der Waals surface area (Å²) in [6.45, 7) is 0. The number of ether oxygens (including phenoxy) is 1. The van der Waals surface area contributed by atoms with E-state index in [4.69, 9.17) is 9.15 Å². The second-order valence-electron chi connectivity index (χ2n) is 3.88. The maximum atomic E-state index is 5.65. The van der Waals surface area contributed by atoms with Gasteiger partial charge in [-0.2, -0.15) is 0 Å². The Balaban J connectivity index is 1.97. The van der Waals surface area contributed by atoms with Gasteiger partial charge in [0.05, 0.1) is 7.11 Å². The molecular weight excluding hydrogens is 242 g/mol. The molecule has 0 amide bonds. The van der Waals surface area contributed by atoms with Crippen molar-refractivity contribution in [1.29, 1.82) is 0 Å². The van der Waals surface area contributed by atoms with E-state index in [9.17, 15) is 0 Å². The molecule has 19 heavy (non-hydrogen) atoms. The van der Waals surface area contributed by atoms with Crippen molar-refractivity contribution in [3.8, 4) is 28.7 Å². The molecule has 1 aromatic carbocycles. The Morgan fingerprint density at radius 3 is 2.42 bits per heavy atom. The van der Waals surface area contributed by atoms with Gasteiger partial charge in [-0.1, -0.05) is 6.07 Å². The van der Waals surface area contributed by atoms with Crippen LogP contribution in [-0.2, 0) is 0 Å². The Morgan fingerprint density at radius 1 is 0.947 bits per heavy atom. The summed E-state index contributed by atoms with van der Waals surface area (Å²) in [6.07, 6.45) is 3.37. The SMILES string of the molecule is COc1cccc(-c2nnc(-c3ccncc3)o2)c1. The predicted octanol–water partition coefficient (Wildman–Crippen LogP) is 2.81. The Morgan fingerprint density at radius 2 is 1.68 bits per heavy atom. The Labute approximate surface area is 109 Å². The third kappa shape index (κ3) is 2.30. The zero-order valence-electron chi connectivity index (χ0n) is 10.3. The van der Waals surface area contributed by atoms with Crippen LogP contribution >= 0.6 is 0 Å². The zero-order valence-corrected chi connectivity index (χ0v) is 10.3. The molecule has 0 N–H and O–H groups in total. The number of hydrogen-bond acceptors (Lipinski definition) is 5. The molecule has 0 unspecified atom stereocenters. The molecule has 0 spiro atoms. The molecule has 5 heteroatoms. The zero-order chi connectivity index (χ0) is 13.1. The topological polar surface area (TPSA) is 61.0 Å². The van der Waals surface area contributed by atoms with Gasteiger partial charge in [0.1, 0.15) is 5.75 Å². The summed E-state index contributed by atoms with van der Waals surface area (Å²) in [4.78, 5) is 3.95. The minimum Gasteiger partial charge on any atom is -0.497 e. The first-order chi connectivity index (χ1) is 9.36. The molecule has 0 radical (unpaired) electrons. The van der Waals surface area contributed by atoms with Gasteiger partial charge in [-0.3, -0.25) is 4.98 Å². The molecule has 3 rings (SSSR count). The Bertz CT molecular complexity index is 680. The molecule has 0 saturated heterocycles. The molecule has 0 atom stereocenters. The molecule has 5 nitrogen and oxygen atoms in total. The van der Waals surface area contributed by atoms with E-state index < -0.39 is 0 Å². The van der Waals surface area contributed by atoms with E-state index >= 15 is 0 Å². The van der Waals surface area contributed by atoms with Crippen LogP contribution in [0, 0.1) is 0 Å². The second-order valence-corrected chi connectivity index (χ2v) is 3.88. The van der Waals surface area contributed by atoms with Crippen molar-refractivity contribution in [3.05, 3.63) is 48.8 Å². The van der Waals surface area contributed by atoms with Crippen molar-refractivity contribution in [2.45, 2.75) is 0 Å². The van der Waals surface area contributed by atoms with Crippen molar-refractivity contribution >= 4 is 0 Å². The van der Waals surface area contributed by atoms with E-state index in [1.165, 1.54) is 0 Å². The van der Waals surface area contributed by atoms with Gasteiger partial charge in [0.2, 0.25) is 11.8 Å². The summed E-state index contributed by atoms with van der Waals surface area (Å²) in [5.41, 5.74) is 1.67. The highest BCUT2D eigenvalue weighted by atomic mass is 16.5. The number of nitrogens with zero attached hydrogens (tertiary/aromatic N) is 3. The fraction of sp³-hybridized carbons (Fsp3) is 0.0714. The van der Waals surface area contributed by atoms with E-state index in [0.717, 1.165) is 16.9 Å². The Kier molecular flexibility index (Phi) is 2.94. The molecule has 0 aliphatic carbocycles. The molecular formula is C14H11N3O2. The van der Waals surface area contributed by atoms with Crippen LogP contribution in [0.4, 0.5) is 0 Å². The molecule has 0 fully saturated rings. The maximum absolute atomic E-state index is 5.65. The van der Waals surface area contributed by atoms with Gasteiger partial charge >= 0.3 is 0 Å². The maximum Gasteiger partial charge on any atom is 0.248 e. The van der Waals surface area contributed by atoms with E-state index in [-0.39, 0.29) is 0 Å². The van der Waals surface area contributed by atoms with Crippen LogP contribution < -0.4 is 4.74 Å². The molecule has 2 heterocycles. The van der Waals surface area contributed by atoms with Gasteiger partial charge in [0, 0.05) is 23.5 Å². The van der Waals surface area contributed by atoms with Gasteiger partial charge in [-0.15, -0.1) is 10.2 Å². The van der Waals surface area contributed by atoms with Gasteiger partial charge in [-0.25, -0.2) is 0 Å². The minimum atomic E-state index is 0.464. The summed E-state index contributed by atoms with van der Waals surface area (Å²) < 4.78 is 10.8. The normalized spacial score (nSPS) is 10.4. The Hall–Kier alpha value is -2.69. The van der Waals surface area contributed by atoms with Crippen LogP contribution in [0.25, 0.3) is 22.9 Å². The van der Waals surface area contributed by atoms with Gasteiger partial charge < -0.3 is 9.15 Å². The first-order valence-electron chi connectivity index (χ1n) is 5.75. The second kappa shape index (κ2) is 4.89. The summed E-state index contributed by atoms with van der Waals surface area (Å²) in [5, 5.41) is 8.08. The molecule has 0 aliphatic heterocycles. The predicted molar refractivity (Wildman–Crippen MR) is 69.5 cm³/mol. The van der Waals surface area contributed by atoms with E-state index in [0.29, 0.717) is 11.8 Å². The summed E-state index contributed by atoms with van der Waals surface area (Å²) in [7, 11) is 1.62. The fourth-order valence-corrected chi connectivity index (χ4v) is 1.71. The fourth-order valence-electron chi connectivity index (χ4n) is 1.71. The van der Waals surface area contributed by atoms with E-state index in [1.807, 2.05) is 36.4 Å². The lowest BCUT2D eigenvalue weighted by atomic mass is 10.2. The van der Waals surface area contributed by atoms with Crippen LogP contribution in [0.3, 0.4) is 0 Å². The van der Waals surface area contributed by atoms with Crippen LogP contribution in [-0.4, -0.2) is 22.3 Å². The quantitative estimate of drug-likeness (QED) is 0.718. The minimum absolute atomic E-state index is 0.464. The highest BCUT2D eigenvalue weighted by Gasteiger charge is 2.10. The van der Waals surface area contributed by atoms with Crippen molar-refractivity contribution in [1.82, 2.24) is 15.2 Å². The number of benzene rings is 1. The van der Waals surface area contributed by atoms with Gasteiger partial charge in [-0.05, 0) is 30.3 Å². The highest BCUT2D eigenvalue weighted by Crippen LogP contribution is 2.25. The number of aromatic nitrogens is 3. The lowest BCUT2D eigenvalue weighted by Gasteiger charge is -2.00. The largest absolute Gasteiger partial charge is 0.497 e. The smallest absolute Gasteiger partial charge is 0.248 e. The summed E-state index contributed by atoms with van der Waals surface area (Å²) in [5.74, 6) is 1.69. The van der Waals surface area contributed by atoms with Crippen molar-refractivity contribution in [2.24, 2.45) is 0 Å². The van der Waals surface area contributed by atoms with Crippen molar-refractivity contribution in [2.75, 3.05) is 7.11 Å². The van der Waals surface area contributed by atoms with Gasteiger partial charge in [0.25, 0.3) is 0 Å². The average molecular weight is 253 g/mol. The monoisotopic (exact) mass is 253 g/mol. The third-order valence-electron chi connectivity index (χ3n) is 2.67. The molecule has 0 bridgehead atoms. The lowest BCUT2D eigenvalue weighted by Crippen LogP contribution is -1.83. The third-order valence-corrected chi connectivity index (χ3v) is 2.67. The average Bonchev–Trinajstić information content (AvgIpc) is 2.98. The molecule has 0 aliphatic rings. The first-order valence-corrected chi connectivity index (χ1v) is 5.75. The standard InChI is InChI=1S/C14H11N3O2/c1-18-12-4-2-3-11(9-12)14-17-16-13(19-14)10-5-7-15-8-6-10/h2-9H,1H3. The van der Waals surface area contributed by atoms with E-state index in [2.05, 4.69) is 15.2 Å². The lowest BCUT2D eigenvalue weighted by molar-refractivity contribution is 0.415. The highest BCUT2D eigenvalue weighted by molar-refractivity contribution is 5.58. The number of hydrogen-bond donors (Lipinski definition) is 0. The summed E-state index contributed by atoms with van der Waals surface area (Å²) in [6, 6.07) is 11.1. The first kappa shape index (κ1) is 11.4. The summed E-state index contributed by atoms with van der Waals surface area (Å²) >= 11 is 0. The van der Waals surface area contributed by atoms with Crippen LogP contribution in [0.1, 0.15) is 0 Å². The molecule has 2 aromatic heterocycles. The number of methoxy groups -OCH3 is 1. The van der Waals surface area contributed by atoms with E-state index in [1.54, 1.807) is 19.5 Å².